The summed E-state index contributed by atoms with van der Waals surface area (Å²) in [6, 6.07) is 0.705. The normalized spacial score (nSPS) is 21.6. The maximum atomic E-state index is 11.2. The maximum Gasteiger partial charge on any atom is 0.178 e. The van der Waals surface area contributed by atoms with Crippen molar-refractivity contribution in [1.82, 2.24) is 9.88 Å². The minimum atomic E-state index is 0.0684. The molecule has 1 saturated heterocycles. The van der Waals surface area contributed by atoms with Crippen LogP contribution >= 0.6 is 11.3 Å². The van der Waals surface area contributed by atoms with E-state index < -0.39 is 0 Å². The Kier molecular flexibility index (Phi) is 4.29. The van der Waals surface area contributed by atoms with Crippen LogP contribution in [0, 0.1) is 0 Å². The van der Waals surface area contributed by atoms with Gasteiger partial charge in [-0.3, -0.25) is 4.79 Å². The number of ketones is 1. The highest BCUT2D eigenvalue weighted by atomic mass is 32.1. The molecule has 0 aliphatic carbocycles. The number of thiazole rings is 1. The van der Waals surface area contributed by atoms with Crippen LogP contribution in [-0.4, -0.2) is 34.8 Å². The summed E-state index contributed by atoms with van der Waals surface area (Å²) in [5, 5.41) is 2.96. The van der Waals surface area contributed by atoms with E-state index in [0.29, 0.717) is 11.7 Å². The molecule has 1 unspecified atom stereocenters. The number of likely N-dealkylation sites (tertiary alicyclic amines) is 1. The smallest absolute Gasteiger partial charge is 0.178 e. The summed E-state index contributed by atoms with van der Waals surface area (Å²) in [7, 11) is 0. The van der Waals surface area contributed by atoms with Crippen molar-refractivity contribution in [2.75, 3.05) is 13.1 Å². The van der Waals surface area contributed by atoms with Gasteiger partial charge in [0.15, 0.2) is 5.78 Å². The molecular formula is C13H20N2OS. The van der Waals surface area contributed by atoms with Gasteiger partial charge in [0, 0.05) is 31.3 Å². The van der Waals surface area contributed by atoms with Gasteiger partial charge in [0.05, 0.1) is 5.01 Å². The molecule has 1 fully saturated rings. The molecule has 1 aromatic heterocycles. The molecule has 17 heavy (non-hydrogen) atoms. The molecule has 0 N–H and O–H groups in total. The van der Waals surface area contributed by atoms with Crippen LogP contribution in [0.3, 0.4) is 0 Å². The van der Waals surface area contributed by atoms with Gasteiger partial charge in [-0.25, -0.2) is 4.98 Å². The van der Waals surface area contributed by atoms with Gasteiger partial charge in [-0.15, -0.1) is 11.3 Å². The van der Waals surface area contributed by atoms with Gasteiger partial charge in [0.2, 0.25) is 0 Å². The Hall–Kier alpha value is -0.740. The number of aromatic nitrogens is 1. The third kappa shape index (κ3) is 3.36. The largest absolute Gasteiger partial charge is 0.300 e. The SMILES string of the molecule is CC(=O)c1csc(CCN2CCCCC2C)n1. The van der Waals surface area contributed by atoms with Gasteiger partial charge < -0.3 is 4.90 Å². The van der Waals surface area contributed by atoms with Crippen LogP contribution in [-0.2, 0) is 6.42 Å². The lowest BCUT2D eigenvalue weighted by Gasteiger charge is -2.32. The first kappa shape index (κ1) is 12.7. The second kappa shape index (κ2) is 5.74. The Labute approximate surface area is 107 Å². The first-order valence-corrected chi connectivity index (χ1v) is 7.24. The van der Waals surface area contributed by atoms with Gasteiger partial charge in [0.25, 0.3) is 0 Å². The Bertz CT molecular complexity index is 389. The van der Waals surface area contributed by atoms with E-state index in [1.165, 1.54) is 25.8 Å². The molecule has 1 aliphatic heterocycles. The molecule has 94 valence electrons. The molecule has 3 nitrogen and oxygen atoms in total. The van der Waals surface area contributed by atoms with E-state index in [-0.39, 0.29) is 5.78 Å². The van der Waals surface area contributed by atoms with Gasteiger partial charge in [-0.2, -0.15) is 0 Å². The average Bonchev–Trinajstić information content (AvgIpc) is 2.77. The summed E-state index contributed by atoms with van der Waals surface area (Å²) in [5.74, 6) is 0.0684. The number of carbonyl (C=O) groups excluding carboxylic acids is 1. The molecule has 2 heterocycles. The summed E-state index contributed by atoms with van der Waals surface area (Å²) >= 11 is 1.61. The standard InChI is InChI=1S/C13H20N2OS/c1-10-5-3-4-7-15(10)8-6-13-14-12(9-17-13)11(2)16/h9-10H,3-8H2,1-2H3. The van der Waals surface area contributed by atoms with Crippen LogP contribution in [0.1, 0.15) is 48.6 Å². The number of carbonyl (C=O) groups is 1. The number of nitrogens with zero attached hydrogens (tertiary/aromatic N) is 2. The number of hydrogen-bond donors (Lipinski definition) is 0. The highest BCUT2D eigenvalue weighted by Gasteiger charge is 2.18. The Morgan fingerprint density at radius 2 is 2.41 bits per heavy atom. The van der Waals surface area contributed by atoms with E-state index in [9.17, 15) is 4.79 Å². The minimum Gasteiger partial charge on any atom is -0.300 e. The number of piperidine rings is 1. The number of hydrogen-bond acceptors (Lipinski definition) is 4. The van der Waals surface area contributed by atoms with E-state index in [2.05, 4.69) is 16.8 Å². The molecule has 0 aromatic carbocycles. The van der Waals surface area contributed by atoms with Gasteiger partial charge in [-0.1, -0.05) is 6.42 Å². The summed E-state index contributed by atoms with van der Waals surface area (Å²) in [6.07, 6.45) is 4.98. The number of rotatable bonds is 4. The van der Waals surface area contributed by atoms with E-state index in [1.807, 2.05) is 5.38 Å². The fourth-order valence-electron chi connectivity index (χ4n) is 2.32. The van der Waals surface area contributed by atoms with Crippen molar-refractivity contribution >= 4 is 17.1 Å². The van der Waals surface area contributed by atoms with E-state index in [4.69, 9.17) is 0 Å². The molecule has 4 heteroatoms. The van der Waals surface area contributed by atoms with Crippen molar-refractivity contribution in [1.29, 1.82) is 0 Å². The summed E-state index contributed by atoms with van der Waals surface area (Å²) in [5.41, 5.74) is 0.622. The second-order valence-electron chi connectivity index (χ2n) is 4.81. The predicted octanol–water partition coefficient (Wildman–Crippen LogP) is 2.76. The van der Waals surface area contributed by atoms with Crippen LogP contribution in [0.5, 0.6) is 0 Å². The van der Waals surface area contributed by atoms with Crippen LogP contribution in [0.2, 0.25) is 0 Å². The van der Waals surface area contributed by atoms with Crippen LogP contribution in [0.25, 0.3) is 0 Å². The zero-order chi connectivity index (χ0) is 12.3. The molecule has 0 saturated carbocycles. The molecular weight excluding hydrogens is 232 g/mol. The van der Waals surface area contributed by atoms with E-state index in [0.717, 1.165) is 18.0 Å². The highest BCUT2D eigenvalue weighted by molar-refractivity contribution is 7.09. The molecule has 1 aromatic rings. The number of Topliss-reactive ketones (excluding diaryl/α,β-unsaturated/α-hetero) is 1. The highest BCUT2D eigenvalue weighted by Crippen LogP contribution is 2.18. The lowest BCUT2D eigenvalue weighted by Crippen LogP contribution is -2.38. The summed E-state index contributed by atoms with van der Waals surface area (Å²) in [4.78, 5) is 18.1. The first-order valence-electron chi connectivity index (χ1n) is 6.36. The third-order valence-corrected chi connectivity index (χ3v) is 4.37. The van der Waals surface area contributed by atoms with E-state index >= 15 is 0 Å². The lowest BCUT2D eigenvalue weighted by atomic mass is 10.0. The van der Waals surface area contributed by atoms with Crippen molar-refractivity contribution < 1.29 is 4.79 Å². The first-order chi connectivity index (χ1) is 8.16. The maximum absolute atomic E-state index is 11.2. The lowest BCUT2D eigenvalue weighted by molar-refractivity contribution is 0.101. The molecule has 0 radical (unpaired) electrons. The molecule has 1 atom stereocenters. The van der Waals surface area contributed by atoms with Gasteiger partial charge >= 0.3 is 0 Å². The van der Waals surface area contributed by atoms with Crippen LogP contribution < -0.4 is 0 Å². The van der Waals surface area contributed by atoms with Crippen molar-refractivity contribution in [2.24, 2.45) is 0 Å². The van der Waals surface area contributed by atoms with Gasteiger partial charge in [-0.05, 0) is 26.3 Å². The third-order valence-electron chi connectivity index (χ3n) is 3.47. The monoisotopic (exact) mass is 252 g/mol. The van der Waals surface area contributed by atoms with Crippen molar-refractivity contribution in [2.45, 2.75) is 45.6 Å². The minimum absolute atomic E-state index is 0.0684. The van der Waals surface area contributed by atoms with Crippen molar-refractivity contribution in [3.8, 4) is 0 Å². The van der Waals surface area contributed by atoms with E-state index in [1.54, 1.807) is 18.3 Å². The molecule has 0 bridgehead atoms. The molecule has 2 rings (SSSR count). The Morgan fingerprint density at radius 3 is 3.06 bits per heavy atom. The quantitative estimate of drug-likeness (QED) is 0.773. The van der Waals surface area contributed by atoms with Crippen LogP contribution in [0.15, 0.2) is 5.38 Å². The van der Waals surface area contributed by atoms with Crippen molar-refractivity contribution in [3.63, 3.8) is 0 Å². The van der Waals surface area contributed by atoms with Crippen molar-refractivity contribution in [3.05, 3.63) is 16.1 Å². The molecule has 0 spiro atoms. The zero-order valence-corrected chi connectivity index (χ0v) is 11.4. The van der Waals surface area contributed by atoms with Crippen LogP contribution in [0.4, 0.5) is 0 Å². The fraction of sp³-hybridized carbons (Fsp3) is 0.692. The molecule has 0 amide bonds. The Balaban J connectivity index is 1.86. The summed E-state index contributed by atoms with van der Waals surface area (Å²) < 4.78 is 0. The molecule has 1 aliphatic rings. The predicted molar refractivity (Wildman–Crippen MR) is 70.7 cm³/mol. The topological polar surface area (TPSA) is 33.2 Å². The zero-order valence-electron chi connectivity index (χ0n) is 10.6. The Morgan fingerprint density at radius 1 is 1.59 bits per heavy atom. The average molecular weight is 252 g/mol. The fourth-order valence-corrected chi connectivity index (χ4v) is 3.14. The second-order valence-corrected chi connectivity index (χ2v) is 5.76. The van der Waals surface area contributed by atoms with Gasteiger partial charge in [0.1, 0.15) is 5.69 Å². The summed E-state index contributed by atoms with van der Waals surface area (Å²) in [6.45, 7) is 6.17.